The number of nitrogens with one attached hydrogen (secondary N) is 1. The van der Waals surface area contributed by atoms with Gasteiger partial charge < -0.3 is 10.2 Å². The van der Waals surface area contributed by atoms with Crippen LogP contribution in [0.1, 0.15) is 24.5 Å². The van der Waals surface area contributed by atoms with Crippen LogP contribution in [0.3, 0.4) is 0 Å². The molecule has 24 heavy (non-hydrogen) atoms. The van der Waals surface area contributed by atoms with Crippen molar-refractivity contribution in [2.75, 3.05) is 16.8 Å². The number of amides is 1. The molecule has 2 aromatic rings. The minimum Gasteiger partial charge on any atom is -0.350 e. The molecule has 0 aromatic heterocycles. The first-order chi connectivity index (χ1) is 11.5. The van der Waals surface area contributed by atoms with E-state index in [0.717, 1.165) is 22.5 Å². The molecule has 0 atom stereocenters. The average Bonchev–Trinajstić information content (AvgIpc) is 2.56. The number of nitro benzene ring substituents is 1. The molecule has 6 heteroatoms. The first kappa shape index (κ1) is 16.0. The van der Waals surface area contributed by atoms with Gasteiger partial charge in [-0.25, -0.2) is 0 Å². The number of hydrogen-bond donors (Lipinski definition) is 1. The van der Waals surface area contributed by atoms with Crippen LogP contribution in [-0.4, -0.2) is 17.4 Å². The molecule has 0 saturated heterocycles. The van der Waals surface area contributed by atoms with Crippen LogP contribution in [0, 0.1) is 17.0 Å². The standard InChI is InChI=1S/C18H19N3O3/c1-3-20-16-8-6-14(11-13(16)5-9-18(20)22)19-15-7-4-12(2)10-17(15)21(23)24/h4,6-8,10-11,19H,3,5,9H2,1-2H3. The molecule has 0 spiro atoms. The van der Waals surface area contributed by atoms with Crippen molar-refractivity contribution in [2.45, 2.75) is 26.7 Å². The third-order valence-electron chi connectivity index (χ3n) is 4.22. The number of hydrogen-bond acceptors (Lipinski definition) is 4. The summed E-state index contributed by atoms with van der Waals surface area (Å²) in [6.07, 6.45) is 1.19. The van der Waals surface area contributed by atoms with Gasteiger partial charge in [-0.05, 0) is 55.7 Å². The van der Waals surface area contributed by atoms with Gasteiger partial charge in [0.2, 0.25) is 5.91 Å². The maximum Gasteiger partial charge on any atom is 0.292 e. The van der Waals surface area contributed by atoms with E-state index in [0.29, 0.717) is 25.1 Å². The van der Waals surface area contributed by atoms with Crippen LogP contribution in [-0.2, 0) is 11.2 Å². The Bertz CT molecular complexity index is 817. The van der Waals surface area contributed by atoms with Gasteiger partial charge in [-0.2, -0.15) is 0 Å². The summed E-state index contributed by atoms with van der Waals surface area (Å²) < 4.78 is 0. The highest BCUT2D eigenvalue weighted by Gasteiger charge is 2.23. The molecule has 0 radical (unpaired) electrons. The molecule has 1 amide bonds. The second-order valence-electron chi connectivity index (χ2n) is 5.88. The van der Waals surface area contributed by atoms with Gasteiger partial charge in [0, 0.05) is 30.4 Å². The van der Waals surface area contributed by atoms with Crippen LogP contribution in [0.5, 0.6) is 0 Å². The third kappa shape index (κ3) is 2.95. The van der Waals surface area contributed by atoms with Gasteiger partial charge in [0.25, 0.3) is 5.69 Å². The second kappa shape index (κ2) is 6.31. The highest BCUT2D eigenvalue weighted by atomic mass is 16.6. The first-order valence-electron chi connectivity index (χ1n) is 7.95. The fourth-order valence-corrected chi connectivity index (χ4v) is 3.04. The van der Waals surface area contributed by atoms with E-state index in [1.807, 2.05) is 38.1 Å². The van der Waals surface area contributed by atoms with Gasteiger partial charge in [0.1, 0.15) is 5.69 Å². The summed E-state index contributed by atoms with van der Waals surface area (Å²) in [5, 5.41) is 14.4. The molecule has 124 valence electrons. The normalized spacial score (nSPS) is 13.6. The highest BCUT2D eigenvalue weighted by Crippen LogP contribution is 2.33. The average molecular weight is 325 g/mol. The van der Waals surface area contributed by atoms with E-state index in [9.17, 15) is 14.9 Å². The SMILES string of the molecule is CCN1C(=O)CCc2cc(Nc3ccc(C)cc3[N+](=O)[O-])ccc21. The van der Waals surface area contributed by atoms with Crippen molar-refractivity contribution in [3.8, 4) is 0 Å². The van der Waals surface area contributed by atoms with E-state index < -0.39 is 0 Å². The molecule has 0 saturated carbocycles. The van der Waals surface area contributed by atoms with E-state index in [4.69, 9.17) is 0 Å². The van der Waals surface area contributed by atoms with Crippen molar-refractivity contribution in [3.05, 3.63) is 57.6 Å². The molecule has 6 nitrogen and oxygen atoms in total. The van der Waals surface area contributed by atoms with Crippen molar-refractivity contribution in [2.24, 2.45) is 0 Å². The number of carbonyl (C=O) groups is 1. The summed E-state index contributed by atoms with van der Waals surface area (Å²) in [4.78, 5) is 24.6. The Hall–Kier alpha value is -2.89. The van der Waals surface area contributed by atoms with E-state index in [1.165, 1.54) is 0 Å². The Morgan fingerprint density at radius 3 is 2.71 bits per heavy atom. The highest BCUT2D eigenvalue weighted by molar-refractivity contribution is 5.96. The van der Waals surface area contributed by atoms with Crippen molar-refractivity contribution in [1.82, 2.24) is 0 Å². The summed E-state index contributed by atoms with van der Waals surface area (Å²) in [6.45, 7) is 4.42. The van der Waals surface area contributed by atoms with Crippen LogP contribution in [0.2, 0.25) is 0 Å². The Morgan fingerprint density at radius 2 is 2.00 bits per heavy atom. The zero-order valence-electron chi connectivity index (χ0n) is 13.7. The third-order valence-corrected chi connectivity index (χ3v) is 4.22. The first-order valence-corrected chi connectivity index (χ1v) is 7.95. The van der Waals surface area contributed by atoms with Crippen molar-refractivity contribution >= 4 is 28.7 Å². The fraction of sp³-hybridized carbons (Fsp3) is 0.278. The smallest absolute Gasteiger partial charge is 0.292 e. The van der Waals surface area contributed by atoms with Gasteiger partial charge in [0.15, 0.2) is 0 Å². The van der Waals surface area contributed by atoms with Gasteiger partial charge in [-0.3, -0.25) is 14.9 Å². The lowest BCUT2D eigenvalue weighted by molar-refractivity contribution is -0.384. The van der Waals surface area contributed by atoms with Crippen molar-refractivity contribution in [1.29, 1.82) is 0 Å². The molecule has 0 fully saturated rings. The summed E-state index contributed by atoms with van der Waals surface area (Å²) in [5.74, 6) is 0.139. The number of anilines is 3. The fourth-order valence-electron chi connectivity index (χ4n) is 3.04. The number of rotatable bonds is 4. The molecule has 1 heterocycles. The van der Waals surface area contributed by atoms with E-state index >= 15 is 0 Å². The molecule has 0 aliphatic carbocycles. The van der Waals surface area contributed by atoms with Crippen LogP contribution in [0.4, 0.5) is 22.7 Å². The van der Waals surface area contributed by atoms with E-state index in [1.54, 1.807) is 17.0 Å². The van der Waals surface area contributed by atoms with Gasteiger partial charge in [-0.15, -0.1) is 0 Å². The number of fused-ring (bicyclic) bond motifs is 1. The Kier molecular flexibility index (Phi) is 4.20. The second-order valence-corrected chi connectivity index (χ2v) is 5.88. The minimum atomic E-state index is -0.384. The van der Waals surface area contributed by atoms with Crippen LogP contribution in [0.25, 0.3) is 0 Å². The Morgan fingerprint density at radius 1 is 1.21 bits per heavy atom. The summed E-state index contributed by atoms with van der Waals surface area (Å²) in [6, 6.07) is 10.8. The summed E-state index contributed by atoms with van der Waals surface area (Å²) in [7, 11) is 0. The zero-order chi connectivity index (χ0) is 17.3. The molecule has 1 aliphatic rings. The van der Waals surface area contributed by atoms with Gasteiger partial charge in [-0.1, -0.05) is 6.07 Å². The number of nitrogens with zero attached hydrogens (tertiary/aromatic N) is 2. The largest absolute Gasteiger partial charge is 0.350 e. The number of nitro groups is 1. The quantitative estimate of drug-likeness (QED) is 0.682. The van der Waals surface area contributed by atoms with E-state index in [-0.39, 0.29) is 16.5 Å². The van der Waals surface area contributed by atoms with Crippen LogP contribution < -0.4 is 10.2 Å². The predicted molar refractivity (Wildman–Crippen MR) is 93.9 cm³/mol. The summed E-state index contributed by atoms with van der Waals surface area (Å²) in [5.41, 5.74) is 4.15. The van der Waals surface area contributed by atoms with E-state index in [2.05, 4.69) is 5.32 Å². The number of benzene rings is 2. The number of carbonyl (C=O) groups excluding carboxylic acids is 1. The molecule has 3 rings (SSSR count). The molecule has 2 aromatic carbocycles. The van der Waals surface area contributed by atoms with Crippen LogP contribution in [0.15, 0.2) is 36.4 Å². The Balaban J connectivity index is 1.93. The topological polar surface area (TPSA) is 75.5 Å². The predicted octanol–water partition coefficient (Wildman–Crippen LogP) is 3.95. The maximum atomic E-state index is 12.0. The van der Waals surface area contributed by atoms with Gasteiger partial charge >= 0.3 is 0 Å². The zero-order valence-corrected chi connectivity index (χ0v) is 13.7. The van der Waals surface area contributed by atoms with Crippen LogP contribution >= 0.6 is 0 Å². The molecular weight excluding hydrogens is 306 g/mol. The lowest BCUT2D eigenvalue weighted by Gasteiger charge is -2.28. The Labute approximate surface area is 140 Å². The lowest BCUT2D eigenvalue weighted by atomic mass is 10.0. The molecule has 0 unspecified atom stereocenters. The van der Waals surface area contributed by atoms with Crippen molar-refractivity contribution in [3.63, 3.8) is 0 Å². The molecule has 0 bridgehead atoms. The molecular formula is C18H19N3O3. The maximum absolute atomic E-state index is 12.0. The monoisotopic (exact) mass is 325 g/mol. The van der Waals surface area contributed by atoms with Crippen molar-refractivity contribution < 1.29 is 9.72 Å². The molecule has 1 N–H and O–H groups in total. The summed E-state index contributed by atoms with van der Waals surface area (Å²) >= 11 is 0. The molecule has 1 aliphatic heterocycles. The lowest BCUT2D eigenvalue weighted by Crippen LogP contribution is -2.34. The number of aryl methyl sites for hydroxylation is 2. The minimum absolute atomic E-state index is 0.0538. The van der Waals surface area contributed by atoms with Gasteiger partial charge in [0.05, 0.1) is 4.92 Å².